The van der Waals surface area contributed by atoms with E-state index in [1.165, 1.54) is 27.8 Å². The maximum Gasteiger partial charge on any atom is 0.0117 e. The van der Waals surface area contributed by atoms with Crippen molar-refractivity contribution in [3.63, 3.8) is 0 Å². The van der Waals surface area contributed by atoms with E-state index in [4.69, 9.17) is 5.73 Å². The maximum absolute atomic E-state index is 5.54. The van der Waals surface area contributed by atoms with Crippen LogP contribution in [0.4, 0.5) is 0 Å². The second-order valence-electron chi connectivity index (χ2n) is 6.90. The van der Waals surface area contributed by atoms with Gasteiger partial charge in [-0.25, -0.2) is 0 Å². The van der Waals surface area contributed by atoms with Crippen molar-refractivity contribution in [2.45, 2.75) is 48.0 Å². The minimum Gasteiger partial charge on any atom is -0.402 e. The first-order chi connectivity index (χ1) is 12.1. The molecule has 0 unspecified atom stereocenters. The smallest absolute Gasteiger partial charge is 0.0117 e. The molecule has 0 saturated heterocycles. The third-order valence-corrected chi connectivity index (χ3v) is 3.85. The lowest BCUT2D eigenvalue weighted by Gasteiger charge is -2.05. The van der Waals surface area contributed by atoms with Crippen LogP contribution >= 0.6 is 0 Å². The first kappa shape index (κ1) is 23.5. The standard InChI is InChI=1S/C11H15N.C9H10.C5H10/c1-8-4-5-11(7-10(3)12)9(2)6-8;1-7-4-5-8(2)9(3)6-7;1-4-5(2)3/h4-6H,3,7,12H2,1-2H3;4-6H,2-3H2,1H3;4H,1-3H3. The van der Waals surface area contributed by atoms with Gasteiger partial charge in [-0.15, -0.1) is 0 Å². The van der Waals surface area contributed by atoms with E-state index in [2.05, 4.69) is 71.7 Å². The third-order valence-electron chi connectivity index (χ3n) is 3.85. The zero-order chi connectivity index (χ0) is 20.3. The van der Waals surface area contributed by atoms with Crippen molar-refractivity contribution < 1.29 is 0 Å². The molecule has 0 amide bonds. The van der Waals surface area contributed by atoms with Gasteiger partial charge in [0.15, 0.2) is 0 Å². The number of allylic oxidation sites excluding steroid dienone is 3. The summed E-state index contributed by atoms with van der Waals surface area (Å²) in [6.07, 6.45) is 2.87. The first-order valence-corrected chi connectivity index (χ1v) is 8.90. The third kappa shape index (κ3) is 10.4. The molecule has 26 heavy (non-hydrogen) atoms. The number of benzene rings is 2. The van der Waals surface area contributed by atoms with Crippen LogP contribution in [0.2, 0.25) is 0 Å². The van der Waals surface area contributed by atoms with Gasteiger partial charge in [-0.05, 0) is 63.1 Å². The molecular formula is C25H35N. The molecule has 0 radical (unpaired) electrons. The highest BCUT2D eigenvalue weighted by Gasteiger charge is 1.98. The summed E-state index contributed by atoms with van der Waals surface area (Å²) < 4.78 is 0. The molecule has 2 aromatic carbocycles. The maximum atomic E-state index is 5.54. The molecule has 0 aliphatic rings. The van der Waals surface area contributed by atoms with Gasteiger partial charge in [-0.1, -0.05) is 78.9 Å². The van der Waals surface area contributed by atoms with E-state index in [1.807, 2.05) is 32.0 Å². The van der Waals surface area contributed by atoms with E-state index < -0.39 is 0 Å². The fraction of sp³-hybridized carbons (Fsp3) is 0.280. The Hall–Kier alpha value is -2.54. The van der Waals surface area contributed by atoms with E-state index in [9.17, 15) is 0 Å². The van der Waals surface area contributed by atoms with Crippen LogP contribution in [0.3, 0.4) is 0 Å². The summed E-state index contributed by atoms with van der Waals surface area (Å²) >= 11 is 0. The van der Waals surface area contributed by atoms with Gasteiger partial charge in [-0.3, -0.25) is 0 Å². The Morgan fingerprint density at radius 2 is 1.42 bits per heavy atom. The second-order valence-corrected chi connectivity index (χ2v) is 6.90. The fourth-order valence-electron chi connectivity index (χ4n) is 2.04. The highest BCUT2D eigenvalue weighted by atomic mass is 14.6. The molecule has 2 N–H and O–H groups in total. The molecule has 0 heterocycles. The molecule has 2 aromatic rings. The molecule has 0 saturated carbocycles. The minimum atomic E-state index is 0.724. The van der Waals surface area contributed by atoms with Gasteiger partial charge < -0.3 is 5.73 Å². The van der Waals surface area contributed by atoms with Crippen LogP contribution in [0, 0.1) is 20.8 Å². The van der Waals surface area contributed by atoms with Crippen molar-refractivity contribution in [1.29, 1.82) is 0 Å². The zero-order valence-corrected chi connectivity index (χ0v) is 17.4. The molecule has 140 valence electrons. The van der Waals surface area contributed by atoms with Crippen LogP contribution in [-0.4, -0.2) is 0 Å². The molecule has 0 spiro atoms. The van der Waals surface area contributed by atoms with Crippen molar-refractivity contribution >= 4 is 13.2 Å². The fourth-order valence-corrected chi connectivity index (χ4v) is 2.04. The van der Waals surface area contributed by atoms with Gasteiger partial charge >= 0.3 is 0 Å². The normalized spacial score (nSPS) is 9.15. The number of aryl methyl sites for hydroxylation is 3. The lowest BCUT2D eigenvalue weighted by Crippen LogP contribution is -2.20. The van der Waals surface area contributed by atoms with E-state index >= 15 is 0 Å². The Kier molecular flexibility index (Phi) is 10.8. The topological polar surface area (TPSA) is 26.0 Å². The zero-order valence-electron chi connectivity index (χ0n) is 17.4. The Balaban J connectivity index is 0.000000394. The molecule has 0 aliphatic carbocycles. The summed E-state index contributed by atoms with van der Waals surface area (Å²) in [4.78, 5) is 0. The SMILES string of the molecule is C=C(N)Cc1ccc(C)cc1C.C=c1ccc(C)cc1=C.CC=C(C)C. The number of hydrogen-bond acceptors (Lipinski definition) is 1. The number of hydrogen-bond donors (Lipinski definition) is 1. The lowest BCUT2D eigenvalue weighted by molar-refractivity contribution is 1.09. The summed E-state index contributed by atoms with van der Waals surface area (Å²) in [5.41, 5.74) is 12.7. The molecule has 0 bridgehead atoms. The highest BCUT2D eigenvalue weighted by Crippen LogP contribution is 2.12. The van der Waals surface area contributed by atoms with E-state index in [-0.39, 0.29) is 0 Å². The predicted octanol–water partition coefficient (Wildman–Crippen LogP) is 5.11. The Morgan fingerprint density at radius 3 is 1.81 bits per heavy atom. The Morgan fingerprint density at radius 1 is 0.923 bits per heavy atom. The van der Waals surface area contributed by atoms with Crippen molar-refractivity contribution in [2.75, 3.05) is 0 Å². The first-order valence-electron chi connectivity index (χ1n) is 8.90. The van der Waals surface area contributed by atoms with Crippen LogP contribution in [0.15, 0.2) is 60.3 Å². The lowest BCUT2D eigenvalue weighted by atomic mass is 10.0. The molecule has 1 nitrogen and oxygen atoms in total. The van der Waals surface area contributed by atoms with Crippen molar-refractivity contribution in [3.05, 3.63) is 93.0 Å². The van der Waals surface area contributed by atoms with Gasteiger partial charge in [0, 0.05) is 12.1 Å². The number of nitrogens with two attached hydrogens (primary N) is 1. The van der Waals surface area contributed by atoms with Gasteiger partial charge in [0.1, 0.15) is 0 Å². The molecule has 0 fully saturated rings. The van der Waals surface area contributed by atoms with Crippen molar-refractivity contribution in [2.24, 2.45) is 5.73 Å². The molecule has 1 heteroatoms. The van der Waals surface area contributed by atoms with Gasteiger partial charge in [0.25, 0.3) is 0 Å². The largest absolute Gasteiger partial charge is 0.402 e. The van der Waals surface area contributed by atoms with Crippen LogP contribution in [0.1, 0.15) is 43.0 Å². The average molecular weight is 350 g/mol. The summed E-state index contributed by atoms with van der Waals surface area (Å²) in [7, 11) is 0. The molecule has 0 aromatic heterocycles. The Labute approximate surface area is 160 Å². The summed E-state index contributed by atoms with van der Waals surface area (Å²) in [6.45, 7) is 23.8. The predicted molar refractivity (Wildman–Crippen MR) is 120 cm³/mol. The van der Waals surface area contributed by atoms with E-state index in [0.29, 0.717) is 0 Å². The Bertz CT molecular complexity index is 837. The van der Waals surface area contributed by atoms with E-state index in [0.717, 1.165) is 22.6 Å². The van der Waals surface area contributed by atoms with E-state index in [1.54, 1.807) is 0 Å². The summed E-state index contributed by atoms with van der Waals surface area (Å²) in [5.74, 6) is 0. The quantitative estimate of drug-likeness (QED) is 0.749. The summed E-state index contributed by atoms with van der Waals surface area (Å²) in [5, 5.41) is 2.04. The molecule has 0 aliphatic heterocycles. The van der Waals surface area contributed by atoms with Gasteiger partial charge in [0.05, 0.1) is 0 Å². The summed E-state index contributed by atoms with van der Waals surface area (Å²) in [6, 6.07) is 12.4. The monoisotopic (exact) mass is 349 g/mol. The number of rotatable bonds is 2. The molecule has 2 rings (SSSR count). The van der Waals surface area contributed by atoms with Gasteiger partial charge in [-0.2, -0.15) is 0 Å². The van der Waals surface area contributed by atoms with Crippen LogP contribution < -0.4 is 16.2 Å². The van der Waals surface area contributed by atoms with Crippen LogP contribution in [0.5, 0.6) is 0 Å². The van der Waals surface area contributed by atoms with Crippen LogP contribution in [0.25, 0.3) is 13.2 Å². The molecule has 0 atom stereocenters. The molecular weight excluding hydrogens is 314 g/mol. The average Bonchev–Trinajstić information content (AvgIpc) is 2.55. The highest BCUT2D eigenvalue weighted by molar-refractivity contribution is 5.32. The van der Waals surface area contributed by atoms with Crippen molar-refractivity contribution in [3.8, 4) is 0 Å². The van der Waals surface area contributed by atoms with Gasteiger partial charge in [0.2, 0.25) is 0 Å². The second kappa shape index (κ2) is 11.9. The van der Waals surface area contributed by atoms with Crippen LogP contribution in [-0.2, 0) is 6.42 Å². The minimum absolute atomic E-state index is 0.724. The van der Waals surface area contributed by atoms with Crippen molar-refractivity contribution in [1.82, 2.24) is 0 Å².